The van der Waals surface area contributed by atoms with Gasteiger partial charge in [0, 0.05) is 17.8 Å². The van der Waals surface area contributed by atoms with E-state index in [1.54, 1.807) is 36.4 Å². The van der Waals surface area contributed by atoms with E-state index in [2.05, 4.69) is 15.5 Å². The van der Waals surface area contributed by atoms with Gasteiger partial charge in [-0.25, -0.2) is 4.98 Å². The van der Waals surface area contributed by atoms with Crippen molar-refractivity contribution in [2.75, 3.05) is 0 Å². The molecule has 1 aromatic heterocycles. The number of aryl methyl sites for hydroxylation is 1. The molecule has 0 unspecified atom stereocenters. The van der Waals surface area contributed by atoms with Crippen molar-refractivity contribution in [3.63, 3.8) is 0 Å². The van der Waals surface area contributed by atoms with Crippen LogP contribution in [0.3, 0.4) is 0 Å². The summed E-state index contributed by atoms with van der Waals surface area (Å²) in [5.41, 5.74) is 8.19. The lowest BCUT2D eigenvalue weighted by Gasteiger charge is -2.06. The number of nitrogens with one attached hydrogen (secondary N) is 1. The Morgan fingerprint density at radius 3 is 2.62 bits per heavy atom. The van der Waals surface area contributed by atoms with Crippen molar-refractivity contribution >= 4 is 11.7 Å². The monoisotopic (exact) mass is 284 g/mol. The molecule has 0 radical (unpaired) electrons. The first kappa shape index (κ1) is 14.5. The average Bonchev–Trinajstić information content (AvgIpc) is 2.52. The van der Waals surface area contributed by atoms with Gasteiger partial charge in [-0.2, -0.15) is 0 Å². The van der Waals surface area contributed by atoms with Crippen LogP contribution < -0.4 is 11.1 Å². The van der Waals surface area contributed by atoms with Gasteiger partial charge < -0.3 is 16.3 Å². The number of aromatic nitrogens is 1. The Hall–Kier alpha value is -2.89. The van der Waals surface area contributed by atoms with Crippen LogP contribution in [0.1, 0.15) is 27.3 Å². The minimum absolute atomic E-state index is 0.0505. The van der Waals surface area contributed by atoms with E-state index < -0.39 is 0 Å². The van der Waals surface area contributed by atoms with Crippen molar-refractivity contribution in [3.8, 4) is 0 Å². The summed E-state index contributed by atoms with van der Waals surface area (Å²) in [6.07, 6.45) is 0. The van der Waals surface area contributed by atoms with Crippen molar-refractivity contribution in [1.82, 2.24) is 10.3 Å². The van der Waals surface area contributed by atoms with Crippen molar-refractivity contribution in [3.05, 3.63) is 65.0 Å². The highest BCUT2D eigenvalue weighted by Crippen LogP contribution is 2.05. The number of carbonyl (C=O) groups is 1. The summed E-state index contributed by atoms with van der Waals surface area (Å²) in [6, 6.07) is 12.4. The third-order valence-corrected chi connectivity index (χ3v) is 2.93. The average molecular weight is 284 g/mol. The molecule has 108 valence electrons. The molecule has 0 fully saturated rings. The smallest absolute Gasteiger partial charge is 0.270 e. The van der Waals surface area contributed by atoms with Crippen LogP contribution in [-0.2, 0) is 6.54 Å². The predicted octanol–water partition coefficient (Wildman–Crippen LogP) is 1.41. The third kappa shape index (κ3) is 3.79. The number of nitrogens with two attached hydrogens (primary N) is 1. The highest BCUT2D eigenvalue weighted by molar-refractivity contribution is 5.97. The fourth-order valence-electron chi connectivity index (χ4n) is 1.79. The molecule has 0 saturated carbocycles. The van der Waals surface area contributed by atoms with Gasteiger partial charge in [-0.3, -0.25) is 4.79 Å². The lowest BCUT2D eigenvalue weighted by molar-refractivity contribution is 0.0945. The van der Waals surface area contributed by atoms with Crippen LogP contribution in [0.5, 0.6) is 0 Å². The van der Waals surface area contributed by atoms with Crippen molar-refractivity contribution in [2.45, 2.75) is 13.5 Å². The Morgan fingerprint density at radius 2 is 2.00 bits per heavy atom. The minimum atomic E-state index is -0.223. The maximum absolute atomic E-state index is 11.9. The zero-order valence-electron chi connectivity index (χ0n) is 11.6. The molecule has 0 aliphatic carbocycles. The number of hydrogen-bond donors (Lipinski definition) is 3. The first-order chi connectivity index (χ1) is 10.1. The van der Waals surface area contributed by atoms with E-state index in [1.807, 2.05) is 13.0 Å². The molecular weight excluding hydrogens is 268 g/mol. The van der Waals surface area contributed by atoms with E-state index in [-0.39, 0.29) is 11.7 Å². The molecule has 2 aromatic rings. The van der Waals surface area contributed by atoms with E-state index in [0.717, 1.165) is 11.3 Å². The van der Waals surface area contributed by atoms with Gasteiger partial charge in [0.1, 0.15) is 5.69 Å². The first-order valence-corrected chi connectivity index (χ1v) is 6.39. The van der Waals surface area contributed by atoms with Gasteiger partial charge in [-0.15, -0.1) is 0 Å². The minimum Gasteiger partial charge on any atom is -0.409 e. The molecule has 0 aliphatic heterocycles. The highest BCUT2D eigenvalue weighted by Gasteiger charge is 2.07. The second kappa shape index (κ2) is 6.51. The van der Waals surface area contributed by atoms with Gasteiger partial charge in [0.2, 0.25) is 0 Å². The molecule has 1 aromatic carbocycles. The molecule has 21 heavy (non-hydrogen) atoms. The van der Waals surface area contributed by atoms with Crippen LogP contribution in [0.2, 0.25) is 0 Å². The summed E-state index contributed by atoms with van der Waals surface area (Å²) in [4.78, 5) is 16.1. The predicted molar refractivity (Wildman–Crippen MR) is 79.1 cm³/mol. The lowest BCUT2D eigenvalue weighted by Crippen LogP contribution is -2.24. The fraction of sp³-hybridized carbons (Fsp3) is 0.133. The Balaban J connectivity index is 1.98. The summed E-state index contributed by atoms with van der Waals surface area (Å²) in [7, 11) is 0. The first-order valence-electron chi connectivity index (χ1n) is 6.39. The summed E-state index contributed by atoms with van der Waals surface area (Å²) in [5.74, 6) is -0.172. The number of rotatable bonds is 4. The van der Waals surface area contributed by atoms with Crippen LogP contribution in [-0.4, -0.2) is 21.9 Å². The Labute approximate surface area is 122 Å². The summed E-state index contributed by atoms with van der Waals surface area (Å²) in [5, 5.41) is 14.3. The van der Waals surface area contributed by atoms with Crippen LogP contribution in [0, 0.1) is 6.92 Å². The topological polar surface area (TPSA) is 101 Å². The zero-order chi connectivity index (χ0) is 15.2. The Kier molecular flexibility index (Phi) is 4.50. The fourth-order valence-corrected chi connectivity index (χ4v) is 1.79. The van der Waals surface area contributed by atoms with Gasteiger partial charge in [0.05, 0.1) is 0 Å². The standard InChI is InChI=1S/C15H16N4O2/c1-10-3-2-4-13(18-10)15(20)17-9-11-5-7-12(8-6-11)14(16)19-21/h2-8,21H,9H2,1H3,(H2,16,19)(H,17,20). The quantitative estimate of drug-likeness (QED) is 0.342. The highest BCUT2D eigenvalue weighted by atomic mass is 16.4. The van der Waals surface area contributed by atoms with Gasteiger partial charge in [0.25, 0.3) is 5.91 Å². The maximum atomic E-state index is 11.9. The van der Waals surface area contributed by atoms with Crippen molar-refractivity contribution in [1.29, 1.82) is 0 Å². The van der Waals surface area contributed by atoms with E-state index in [1.165, 1.54) is 0 Å². The van der Waals surface area contributed by atoms with Gasteiger partial charge in [-0.05, 0) is 24.6 Å². The number of nitrogens with zero attached hydrogens (tertiary/aromatic N) is 2. The summed E-state index contributed by atoms with van der Waals surface area (Å²) >= 11 is 0. The normalized spacial score (nSPS) is 11.2. The number of pyridine rings is 1. The molecule has 6 heteroatoms. The second-order valence-electron chi connectivity index (χ2n) is 4.53. The SMILES string of the molecule is Cc1cccc(C(=O)NCc2ccc(C(N)=NO)cc2)n1. The summed E-state index contributed by atoms with van der Waals surface area (Å²) in [6.45, 7) is 2.22. The van der Waals surface area contributed by atoms with E-state index in [0.29, 0.717) is 17.8 Å². The second-order valence-corrected chi connectivity index (χ2v) is 4.53. The van der Waals surface area contributed by atoms with Gasteiger partial charge >= 0.3 is 0 Å². The molecule has 4 N–H and O–H groups in total. The van der Waals surface area contributed by atoms with Crippen molar-refractivity contribution in [2.24, 2.45) is 10.9 Å². The third-order valence-electron chi connectivity index (χ3n) is 2.93. The molecule has 6 nitrogen and oxygen atoms in total. The maximum Gasteiger partial charge on any atom is 0.270 e. The largest absolute Gasteiger partial charge is 0.409 e. The van der Waals surface area contributed by atoms with Crippen LogP contribution in [0.25, 0.3) is 0 Å². The molecule has 0 atom stereocenters. The number of amides is 1. The molecule has 1 amide bonds. The van der Waals surface area contributed by atoms with Crippen LogP contribution >= 0.6 is 0 Å². The van der Waals surface area contributed by atoms with E-state index >= 15 is 0 Å². The van der Waals surface area contributed by atoms with Crippen LogP contribution in [0.15, 0.2) is 47.6 Å². The molecule has 0 spiro atoms. The number of oxime groups is 1. The summed E-state index contributed by atoms with van der Waals surface area (Å²) < 4.78 is 0. The molecule has 0 aliphatic rings. The molecule has 0 bridgehead atoms. The number of hydrogen-bond acceptors (Lipinski definition) is 4. The van der Waals surface area contributed by atoms with Gasteiger partial charge in [-0.1, -0.05) is 35.5 Å². The number of benzene rings is 1. The van der Waals surface area contributed by atoms with Crippen molar-refractivity contribution < 1.29 is 10.0 Å². The Morgan fingerprint density at radius 1 is 1.29 bits per heavy atom. The van der Waals surface area contributed by atoms with E-state index in [9.17, 15) is 4.79 Å². The van der Waals surface area contributed by atoms with Gasteiger partial charge in [0.15, 0.2) is 5.84 Å². The van der Waals surface area contributed by atoms with E-state index in [4.69, 9.17) is 10.9 Å². The number of amidine groups is 1. The molecule has 0 saturated heterocycles. The van der Waals surface area contributed by atoms with Crippen LogP contribution in [0.4, 0.5) is 0 Å². The Bertz CT molecular complexity index is 666. The molecule has 2 rings (SSSR count). The molecule has 1 heterocycles. The molecular formula is C15H16N4O2. The number of carbonyl (C=O) groups excluding carboxylic acids is 1. The lowest BCUT2D eigenvalue weighted by atomic mass is 10.1. The zero-order valence-corrected chi connectivity index (χ0v) is 11.6.